The zero-order valence-corrected chi connectivity index (χ0v) is 13.3. The topological polar surface area (TPSA) is 58.3 Å². The first-order valence-corrected chi connectivity index (χ1v) is 7.97. The molecule has 0 aliphatic heterocycles. The average Bonchev–Trinajstić information content (AvgIpc) is 2.89. The Morgan fingerprint density at radius 2 is 1.65 bits per heavy atom. The summed E-state index contributed by atoms with van der Waals surface area (Å²) >= 11 is 0. The molecule has 1 aromatic heterocycles. The molecule has 0 aliphatic rings. The van der Waals surface area contributed by atoms with Gasteiger partial charge in [0.25, 0.3) is 0 Å². The van der Waals surface area contributed by atoms with Crippen LogP contribution in [0.25, 0.3) is 0 Å². The van der Waals surface area contributed by atoms with Gasteiger partial charge < -0.3 is 10.2 Å². The van der Waals surface area contributed by atoms with E-state index in [0.717, 1.165) is 31.4 Å². The van der Waals surface area contributed by atoms with Crippen LogP contribution < -0.4 is 0 Å². The molecule has 2 unspecified atom stereocenters. The van der Waals surface area contributed by atoms with Gasteiger partial charge in [0, 0.05) is 12.6 Å². The van der Waals surface area contributed by atoms with Crippen LogP contribution in [0.3, 0.4) is 0 Å². The molecule has 1 aromatic rings. The molecule has 0 fully saturated rings. The number of hydrogen-bond acceptors (Lipinski definition) is 3. The SMILES string of the molecule is CCC(CC)C(O)C(O)Cc1ccn(C(CC)CC)n1. The van der Waals surface area contributed by atoms with E-state index < -0.39 is 12.2 Å². The zero-order chi connectivity index (χ0) is 15.1. The molecule has 0 saturated carbocycles. The molecule has 0 aromatic carbocycles. The van der Waals surface area contributed by atoms with Gasteiger partial charge in [0.15, 0.2) is 0 Å². The van der Waals surface area contributed by atoms with Gasteiger partial charge in [-0.05, 0) is 24.8 Å². The first-order valence-electron chi connectivity index (χ1n) is 7.97. The molecule has 20 heavy (non-hydrogen) atoms. The fourth-order valence-corrected chi connectivity index (χ4v) is 2.77. The summed E-state index contributed by atoms with van der Waals surface area (Å²) in [7, 11) is 0. The van der Waals surface area contributed by atoms with Crippen molar-refractivity contribution in [2.75, 3.05) is 0 Å². The molecule has 116 valence electrons. The molecular formula is C16H30N2O2. The van der Waals surface area contributed by atoms with E-state index in [1.165, 1.54) is 0 Å². The van der Waals surface area contributed by atoms with E-state index in [2.05, 4.69) is 18.9 Å². The molecule has 1 heterocycles. The van der Waals surface area contributed by atoms with Crippen molar-refractivity contribution in [2.24, 2.45) is 5.92 Å². The van der Waals surface area contributed by atoms with Crippen molar-refractivity contribution in [1.29, 1.82) is 0 Å². The maximum absolute atomic E-state index is 10.2. The van der Waals surface area contributed by atoms with Crippen LogP contribution in [-0.2, 0) is 6.42 Å². The molecule has 0 saturated heterocycles. The quantitative estimate of drug-likeness (QED) is 0.732. The molecule has 1 rings (SSSR count). The molecule has 4 nitrogen and oxygen atoms in total. The predicted octanol–water partition coefficient (Wildman–Crippen LogP) is 2.94. The summed E-state index contributed by atoms with van der Waals surface area (Å²) in [4.78, 5) is 0. The van der Waals surface area contributed by atoms with Gasteiger partial charge in [-0.1, -0.05) is 40.5 Å². The number of aliphatic hydroxyl groups is 2. The average molecular weight is 282 g/mol. The van der Waals surface area contributed by atoms with Gasteiger partial charge in [-0.2, -0.15) is 5.10 Å². The molecule has 2 N–H and O–H groups in total. The first-order chi connectivity index (χ1) is 9.57. The lowest BCUT2D eigenvalue weighted by atomic mass is 9.91. The summed E-state index contributed by atoms with van der Waals surface area (Å²) in [6.45, 7) is 8.40. The molecule has 4 heteroatoms. The molecule has 2 atom stereocenters. The summed E-state index contributed by atoms with van der Waals surface area (Å²) in [5.41, 5.74) is 0.856. The van der Waals surface area contributed by atoms with Crippen molar-refractivity contribution >= 4 is 0 Å². The Kier molecular flexibility index (Phi) is 7.24. The minimum absolute atomic E-state index is 0.158. The van der Waals surface area contributed by atoms with Gasteiger partial charge in [-0.15, -0.1) is 0 Å². The van der Waals surface area contributed by atoms with Crippen LogP contribution in [0.2, 0.25) is 0 Å². The predicted molar refractivity (Wildman–Crippen MR) is 81.6 cm³/mol. The second kappa shape index (κ2) is 8.42. The van der Waals surface area contributed by atoms with Crippen molar-refractivity contribution in [3.63, 3.8) is 0 Å². The van der Waals surface area contributed by atoms with Crippen LogP contribution in [0, 0.1) is 5.92 Å². The molecule has 0 amide bonds. The standard InChI is InChI=1S/C16H30N2O2/c1-5-12(6-2)16(20)15(19)11-13-9-10-18(17-13)14(7-3)8-4/h9-10,12,14-16,19-20H,5-8,11H2,1-4H3. The Labute approximate surface area is 122 Å². The lowest BCUT2D eigenvalue weighted by molar-refractivity contribution is -0.0192. The third kappa shape index (κ3) is 4.32. The van der Waals surface area contributed by atoms with Crippen LogP contribution >= 0.6 is 0 Å². The van der Waals surface area contributed by atoms with Crippen molar-refractivity contribution < 1.29 is 10.2 Å². The highest BCUT2D eigenvalue weighted by Crippen LogP contribution is 2.19. The largest absolute Gasteiger partial charge is 0.390 e. The fourth-order valence-electron chi connectivity index (χ4n) is 2.77. The van der Waals surface area contributed by atoms with E-state index in [1.54, 1.807) is 0 Å². The van der Waals surface area contributed by atoms with Gasteiger partial charge in [-0.3, -0.25) is 4.68 Å². The van der Waals surface area contributed by atoms with Gasteiger partial charge in [0.1, 0.15) is 0 Å². The maximum atomic E-state index is 10.2. The van der Waals surface area contributed by atoms with Crippen molar-refractivity contribution in [3.05, 3.63) is 18.0 Å². The summed E-state index contributed by atoms with van der Waals surface area (Å²) in [5, 5.41) is 24.9. The Balaban J connectivity index is 2.64. The zero-order valence-electron chi connectivity index (χ0n) is 13.3. The van der Waals surface area contributed by atoms with Crippen LogP contribution in [-0.4, -0.2) is 32.2 Å². The summed E-state index contributed by atoms with van der Waals surface area (Å²) in [6, 6.07) is 2.37. The fraction of sp³-hybridized carbons (Fsp3) is 0.812. The van der Waals surface area contributed by atoms with Crippen LogP contribution in [0.5, 0.6) is 0 Å². The number of nitrogens with zero attached hydrogens (tertiary/aromatic N) is 2. The van der Waals surface area contributed by atoms with Crippen LogP contribution in [0.15, 0.2) is 12.3 Å². The lowest BCUT2D eigenvalue weighted by Crippen LogP contribution is -2.34. The Morgan fingerprint density at radius 3 is 2.15 bits per heavy atom. The molecule has 0 radical (unpaired) electrons. The molecule has 0 aliphatic carbocycles. The van der Waals surface area contributed by atoms with Gasteiger partial charge in [0.05, 0.1) is 23.9 Å². The van der Waals surface area contributed by atoms with Crippen molar-refractivity contribution in [3.8, 4) is 0 Å². The summed E-state index contributed by atoms with van der Waals surface area (Å²) in [5.74, 6) is 0.158. The summed E-state index contributed by atoms with van der Waals surface area (Å²) in [6.07, 6.45) is 4.88. The Bertz CT molecular complexity index is 370. The Hall–Kier alpha value is -0.870. The van der Waals surface area contributed by atoms with E-state index in [-0.39, 0.29) is 5.92 Å². The third-order valence-electron chi connectivity index (χ3n) is 4.32. The summed E-state index contributed by atoms with van der Waals surface area (Å²) < 4.78 is 1.98. The van der Waals surface area contributed by atoms with E-state index >= 15 is 0 Å². The van der Waals surface area contributed by atoms with Gasteiger partial charge in [-0.25, -0.2) is 0 Å². The van der Waals surface area contributed by atoms with Crippen LogP contribution in [0.4, 0.5) is 0 Å². The third-order valence-corrected chi connectivity index (χ3v) is 4.32. The van der Waals surface area contributed by atoms with Crippen molar-refractivity contribution in [1.82, 2.24) is 9.78 Å². The van der Waals surface area contributed by atoms with Crippen LogP contribution in [0.1, 0.15) is 65.1 Å². The van der Waals surface area contributed by atoms with E-state index in [1.807, 2.05) is 30.8 Å². The number of hydrogen-bond donors (Lipinski definition) is 2. The highest BCUT2D eigenvalue weighted by atomic mass is 16.3. The highest BCUT2D eigenvalue weighted by Gasteiger charge is 2.24. The van der Waals surface area contributed by atoms with E-state index in [4.69, 9.17) is 0 Å². The number of aliphatic hydroxyl groups excluding tert-OH is 2. The molecule has 0 bridgehead atoms. The minimum atomic E-state index is -0.732. The minimum Gasteiger partial charge on any atom is -0.390 e. The van der Waals surface area contributed by atoms with Gasteiger partial charge >= 0.3 is 0 Å². The number of rotatable bonds is 9. The van der Waals surface area contributed by atoms with Gasteiger partial charge in [0.2, 0.25) is 0 Å². The monoisotopic (exact) mass is 282 g/mol. The molecular weight excluding hydrogens is 252 g/mol. The maximum Gasteiger partial charge on any atom is 0.0857 e. The Morgan fingerprint density at radius 1 is 1.05 bits per heavy atom. The lowest BCUT2D eigenvalue weighted by Gasteiger charge is -2.24. The highest BCUT2D eigenvalue weighted by molar-refractivity contribution is 5.02. The first kappa shape index (κ1) is 17.2. The smallest absolute Gasteiger partial charge is 0.0857 e. The van der Waals surface area contributed by atoms with E-state index in [0.29, 0.717) is 12.5 Å². The normalized spacial score (nSPS) is 15.0. The second-order valence-corrected chi connectivity index (χ2v) is 5.60. The molecule has 0 spiro atoms. The number of aromatic nitrogens is 2. The van der Waals surface area contributed by atoms with Crippen molar-refractivity contribution in [2.45, 2.75) is 78.0 Å². The van der Waals surface area contributed by atoms with E-state index in [9.17, 15) is 10.2 Å². The second-order valence-electron chi connectivity index (χ2n) is 5.60.